The molecule has 0 fully saturated rings. The van der Waals surface area contributed by atoms with Crippen LogP contribution in [0.4, 0.5) is 0 Å². The van der Waals surface area contributed by atoms with Crippen LogP contribution >= 0.6 is 0 Å². The molecule has 0 aromatic rings. The molecule has 4 heteroatoms. The molecule has 0 aliphatic heterocycles. The number of hydrogen-bond acceptors (Lipinski definition) is 1. The van der Waals surface area contributed by atoms with Crippen LogP contribution in [0.25, 0.3) is 0 Å². The molecule has 0 bridgehead atoms. The van der Waals surface area contributed by atoms with Crippen molar-refractivity contribution >= 4 is 43.9 Å². The molecule has 0 amide bonds. The minimum absolute atomic E-state index is 0. The van der Waals surface area contributed by atoms with Crippen LogP contribution in [0.3, 0.4) is 0 Å². The molecular formula is C8H21BNaO2-. The molecule has 70 valence electrons. The molecule has 0 radical (unpaired) electrons. The van der Waals surface area contributed by atoms with Gasteiger partial charge in [0.15, 0.2) is 0 Å². The molecule has 0 spiro atoms. The number of carboxylic acid groups (broad SMARTS) is 1. The van der Waals surface area contributed by atoms with E-state index in [1.54, 1.807) is 6.92 Å². The number of hydrogen-bond donors (Lipinski definition) is 1. The maximum atomic E-state index is 10.3. The van der Waals surface area contributed by atoms with Gasteiger partial charge in [0.05, 0.1) is 5.92 Å². The zero-order valence-corrected chi connectivity index (χ0v) is 6.76. The molecule has 0 saturated carbocycles. The summed E-state index contributed by atoms with van der Waals surface area (Å²) in [7, 11) is 0. The van der Waals surface area contributed by atoms with Crippen molar-refractivity contribution < 1.29 is 9.90 Å². The molecule has 0 heterocycles. The molecule has 1 unspecified atom stereocenters. The van der Waals surface area contributed by atoms with Gasteiger partial charge in [-0.1, -0.05) is 41.5 Å². The standard InChI is InChI=1S/C8H16O2.BH4.Na.H/c1-3-4-5-6-7(2)8(9)10;;;/h7H,3-6H2,1-2H3,(H,9,10);1H4;;/q;-1;;. The molecule has 0 rings (SSSR count). The van der Waals surface area contributed by atoms with Gasteiger partial charge in [0, 0.05) is 0 Å². The molecule has 0 aliphatic carbocycles. The van der Waals surface area contributed by atoms with Crippen molar-refractivity contribution in [3.05, 3.63) is 0 Å². The van der Waals surface area contributed by atoms with Crippen LogP contribution in [0.1, 0.15) is 39.5 Å². The third kappa shape index (κ3) is 10.5. The van der Waals surface area contributed by atoms with Crippen LogP contribution < -0.4 is 0 Å². The van der Waals surface area contributed by atoms with Crippen molar-refractivity contribution in [1.29, 1.82) is 0 Å². The van der Waals surface area contributed by atoms with Crippen molar-refractivity contribution in [3.63, 3.8) is 0 Å². The van der Waals surface area contributed by atoms with Crippen LogP contribution in [0, 0.1) is 5.92 Å². The Morgan fingerprint density at radius 3 is 2.25 bits per heavy atom. The molecule has 0 aliphatic rings. The van der Waals surface area contributed by atoms with Crippen LogP contribution in [0.2, 0.25) is 0 Å². The third-order valence-electron chi connectivity index (χ3n) is 1.66. The van der Waals surface area contributed by atoms with E-state index in [4.69, 9.17) is 5.11 Å². The van der Waals surface area contributed by atoms with Crippen LogP contribution in [0.5, 0.6) is 0 Å². The van der Waals surface area contributed by atoms with Crippen molar-refractivity contribution in [2.24, 2.45) is 5.92 Å². The third-order valence-corrected chi connectivity index (χ3v) is 1.66. The van der Waals surface area contributed by atoms with Gasteiger partial charge in [-0.3, -0.25) is 4.79 Å². The molecule has 12 heavy (non-hydrogen) atoms. The average Bonchev–Trinajstić information content (AvgIpc) is 1.88. The first-order chi connectivity index (χ1) is 4.68. The number of aliphatic carboxylic acids is 1. The number of carboxylic acids is 1. The average molecular weight is 183 g/mol. The fourth-order valence-electron chi connectivity index (χ4n) is 0.824. The molecule has 0 aromatic heterocycles. The second-order valence-electron chi connectivity index (χ2n) is 2.74. The zero-order valence-electron chi connectivity index (χ0n) is 6.76. The van der Waals surface area contributed by atoms with Gasteiger partial charge in [-0.2, -0.15) is 0 Å². The number of rotatable bonds is 5. The van der Waals surface area contributed by atoms with E-state index in [0.717, 1.165) is 25.7 Å². The first-order valence-corrected chi connectivity index (χ1v) is 3.91. The predicted octanol–water partition coefficient (Wildman–Crippen LogP) is 0.187. The van der Waals surface area contributed by atoms with E-state index in [9.17, 15) is 4.79 Å². The van der Waals surface area contributed by atoms with E-state index in [0.29, 0.717) is 0 Å². The van der Waals surface area contributed by atoms with Crippen molar-refractivity contribution in [2.45, 2.75) is 39.5 Å². The number of carbonyl (C=O) groups is 1. The first kappa shape index (κ1) is 18.3. The number of unbranched alkanes of at least 4 members (excludes halogenated alkanes) is 2. The van der Waals surface area contributed by atoms with Crippen LogP contribution in [0.15, 0.2) is 0 Å². The van der Waals surface area contributed by atoms with Gasteiger partial charge in [0.1, 0.15) is 0 Å². The van der Waals surface area contributed by atoms with E-state index in [-0.39, 0.29) is 43.9 Å². The summed E-state index contributed by atoms with van der Waals surface area (Å²) in [5.41, 5.74) is 0. The Morgan fingerprint density at radius 2 is 1.92 bits per heavy atom. The second kappa shape index (κ2) is 11.5. The summed E-state index contributed by atoms with van der Waals surface area (Å²) < 4.78 is 0. The first-order valence-electron chi connectivity index (χ1n) is 3.91. The van der Waals surface area contributed by atoms with E-state index < -0.39 is 5.97 Å². The molecular weight excluding hydrogens is 162 g/mol. The van der Waals surface area contributed by atoms with Gasteiger partial charge in [-0.05, 0) is 6.42 Å². The summed E-state index contributed by atoms with van der Waals surface area (Å²) in [4.78, 5) is 10.3. The molecule has 0 aromatic carbocycles. The Hall–Kier alpha value is 0.535. The van der Waals surface area contributed by atoms with Crippen molar-refractivity contribution in [2.75, 3.05) is 0 Å². The Bertz CT molecular complexity index is 109. The van der Waals surface area contributed by atoms with Gasteiger partial charge in [-0.25, -0.2) is 0 Å². The van der Waals surface area contributed by atoms with E-state index in [1.165, 1.54) is 0 Å². The summed E-state index contributed by atoms with van der Waals surface area (Å²) in [6, 6.07) is 0. The van der Waals surface area contributed by atoms with E-state index in [2.05, 4.69) is 6.92 Å². The van der Waals surface area contributed by atoms with E-state index >= 15 is 0 Å². The molecule has 2 nitrogen and oxygen atoms in total. The summed E-state index contributed by atoms with van der Waals surface area (Å²) in [6.45, 7) is 3.88. The van der Waals surface area contributed by atoms with Crippen LogP contribution in [-0.2, 0) is 4.79 Å². The van der Waals surface area contributed by atoms with Gasteiger partial charge in [-0.15, -0.1) is 0 Å². The summed E-state index contributed by atoms with van der Waals surface area (Å²) >= 11 is 0. The van der Waals surface area contributed by atoms with Crippen molar-refractivity contribution in [3.8, 4) is 0 Å². The molecule has 1 N–H and O–H groups in total. The fourth-order valence-corrected chi connectivity index (χ4v) is 0.824. The second-order valence-corrected chi connectivity index (χ2v) is 2.74. The van der Waals surface area contributed by atoms with Gasteiger partial charge >= 0.3 is 35.5 Å². The van der Waals surface area contributed by atoms with Gasteiger partial charge in [0.25, 0.3) is 0 Å². The monoisotopic (exact) mass is 183 g/mol. The van der Waals surface area contributed by atoms with Crippen LogP contribution in [-0.4, -0.2) is 49.0 Å². The zero-order chi connectivity index (χ0) is 7.98. The SMILES string of the molecule is CCCCCC(C)C(=O)O.[BH4-].[NaH]. The normalized spacial score (nSPS) is 10.8. The summed E-state index contributed by atoms with van der Waals surface area (Å²) in [5, 5.41) is 8.48. The summed E-state index contributed by atoms with van der Waals surface area (Å²) in [6.07, 6.45) is 4.18. The Kier molecular flexibility index (Phi) is 17.6. The maximum absolute atomic E-state index is 10.3. The Labute approximate surface area is 99.0 Å². The van der Waals surface area contributed by atoms with E-state index in [1.807, 2.05) is 0 Å². The topological polar surface area (TPSA) is 37.3 Å². The van der Waals surface area contributed by atoms with Gasteiger partial charge < -0.3 is 5.11 Å². The summed E-state index contributed by atoms with van der Waals surface area (Å²) in [5.74, 6) is -0.831. The molecule has 1 atom stereocenters. The minimum atomic E-state index is -0.670. The Balaban J connectivity index is -0.000000405. The van der Waals surface area contributed by atoms with Gasteiger partial charge in [0.2, 0.25) is 0 Å². The van der Waals surface area contributed by atoms with Crippen molar-refractivity contribution in [1.82, 2.24) is 0 Å². The predicted molar refractivity (Wildman–Crippen MR) is 59.4 cm³/mol. The quantitative estimate of drug-likeness (QED) is 0.487. The fraction of sp³-hybridized carbons (Fsp3) is 0.875. The molecule has 0 saturated heterocycles. The Morgan fingerprint density at radius 1 is 1.42 bits per heavy atom.